The molecule has 0 aliphatic rings. The Morgan fingerprint density at radius 1 is 0.571 bits per heavy atom. The summed E-state index contributed by atoms with van der Waals surface area (Å²) in [6, 6.07) is 42.2. The summed E-state index contributed by atoms with van der Waals surface area (Å²) in [5, 5.41) is 0.574. The van der Waals surface area contributed by atoms with Crippen molar-refractivity contribution in [1.29, 1.82) is 0 Å². The Hall–Kier alpha value is -3.24. The van der Waals surface area contributed by atoms with Crippen molar-refractivity contribution >= 4 is 42.6 Å². The first-order chi connectivity index (χ1) is 16.7. The summed E-state index contributed by atoms with van der Waals surface area (Å²) < 4.78 is 0. The van der Waals surface area contributed by atoms with Crippen molar-refractivity contribution in [2.24, 2.45) is 0 Å². The van der Waals surface area contributed by atoms with Gasteiger partial charge in [0.2, 0.25) is 0 Å². The molecule has 0 aliphatic heterocycles. The first-order valence-electron chi connectivity index (χ1n) is 11.0. The van der Waals surface area contributed by atoms with Crippen LogP contribution in [0.3, 0.4) is 0 Å². The van der Waals surface area contributed by atoms with Crippen LogP contribution in [0.5, 0.6) is 0 Å². The lowest BCUT2D eigenvalue weighted by molar-refractivity contribution is 0.103. The van der Waals surface area contributed by atoms with Crippen molar-refractivity contribution < 1.29 is 4.79 Å². The SMILES string of the molecule is O=C(c1ccccc1)c1ccc(Sc2ccc(-c3ccccc3-c3ccccc3)cc2)c(Cl)c1.S. The Morgan fingerprint density at radius 2 is 1.11 bits per heavy atom. The molecule has 35 heavy (non-hydrogen) atoms. The van der Waals surface area contributed by atoms with Crippen LogP contribution in [-0.2, 0) is 0 Å². The minimum Gasteiger partial charge on any atom is -0.289 e. The number of benzene rings is 5. The van der Waals surface area contributed by atoms with Crippen LogP contribution < -0.4 is 0 Å². The fourth-order valence-electron chi connectivity index (χ4n) is 3.91. The first-order valence-corrected chi connectivity index (χ1v) is 12.2. The van der Waals surface area contributed by atoms with Gasteiger partial charge in [-0.25, -0.2) is 0 Å². The second-order valence-electron chi connectivity index (χ2n) is 7.88. The van der Waals surface area contributed by atoms with Gasteiger partial charge in [-0.1, -0.05) is 120 Å². The molecule has 0 atom stereocenters. The van der Waals surface area contributed by atoms with Crippen LogP contribution in [0, 0.1) is 0 Å². The molecule has 5 aromatic rings. The lowest BCUT2D eigenvalue weighted by Gasteiger charge is -2.11. The maximum absolute atomic E-state index is 12.7. The Morgan fingerprint density at radius 3 is 1.71 bits per heavy atom. The van der Waals surface area contributed by atoms with Gasteiger partial charge in [0.25, 0.3) is 0 Å². The largest absolute Gasteiger partial charge is 0.289 e. The molecule has 0 aromatic heterocycles. The lowest BCUT2D eigenvalue weighted by atomic mass is 9.95. The van der Waals surface area contributed by atoms with E-state index in [0.717, 1.165) is 9.79 Å². The zero-order valence-electron chi connectivity index (χ0n) is 18.8. The monoisotopic (exact) mass is 510 g/mol. The van der Waals surface area contributed by atoms with Crippen molar-refractivity contribution in [2.45, 2.75) is 9.79 Å². The summed E-state index contributed by atoms with van der Waals surface area (Å²) in [7, 11) is 0. The minimum absolute atomic E-state index is 0. The Kier molecular flexibility index (Phi) is 8.14. The Bertz CT molecular complexity index is 1430. The van der Waals surface area contributed by atoms with E-state index >= 15 is 0 Å². The van der Waals surface area contributed by atoms with Gasteiger partial charge in [-0.05, 0) is 52.6 Å². The molecule has 172 valence electrons. The lowest BCUT2D eigenvalue weighted by Crippen LogP contribution is -2.00. The van der Waals surface area contributed by atoms with Crippen LogP contribution in [0.15, 0.2) is 137 Å². The number of carbonyl (C=O) groups excluding carboxylic acids is 1. The predicted molar refractivity (Wildman–Crippen MR) is 153 cm³/mol. The molecule has 5 rings (SSSR count). The summed E-state index contributed by atoms with van der Waals surface area (Å²) in [6.07, 6.45) is 0. The molecule has 0 heterocycles. The van der Waals surface area contributed by atoms with Gasteiger partial charge < -0.3 is 0 Å². The molecule has 1 nitrogen and oxygen atoms in total. The predicted octanol–water partition coefficient (Wildman–Crippen LogP) is 9.17. The molecule has 0 saturated heterocycles. The zero-order valence-corrected chi connectivity index (χ0v) is 21.4. The molecule has 0 radical (unpaired) electrons. The molecule has 0 unspecified atom stereocenters. The van der Waals surface area contributed by atoms with E-state index in [1.54, 1.807) is 17.8 Å². The smallest absolute Gasteiger partial charge is 0.193 e. The van der Waals surface area contributed by atoms with Crippen LogP contribution in [0.25, 0.3) is 22.3 Å². The molecule has 0 spiro atoms. The van der Waals surface area contributed by atoms with E-state index in [9.17, 15) is 4.79 Å². The minimum atomic E-state index is -0.0273. The average Bonchev–Trinajstić information content (AvgIpc) is 2.91. The molecule has 0 N–H and O–H groups in total. The zero-order chi connectivity index (χ0) is 23.3. The summed E-state index contributed by atoms with van der Waals surface area (Å²) in [5.74, 6) is -0.0273. The third-order valence-corrected chi connectivity index (χ3v) is 7.14. The summed E-state index contributed by atoms with van der Waals surface area (Å²) in [6.45, 7) is 0. The van der Waals surface area contributed by atoms with Gasteiger partial charge in [-0.3, -0.25) is 4.79 Å². The fourth-order valence-corrected chi connectivity index (χ4v) is 5.03. The molecule has 0 saturated carbocycles. The fraction of sp³-hybridized carbons (Fsp3) is 0. The van der Waals surface area contributed by atoms with E-state index in [0.29, 0.717) is 16.1 Å². The third-order valence-electron chi connectivity index (χ3n) is 5.64. The van der Waals surface area contributed by atoms with Gasteiger partial charge in [-0.15, -0.1) is 0 Å². The molecule has 4 heteroatoms. The second-order valence-corrected chi connectivity index (χ2v) is 9.40. The number of carbonyl (C=O) groups is 1. The number of hydrogen-bond acceptors (Lipinski definition) is 2. The van der Waals surface area contributed by atoms with Crippen molar-refractivity contribution in [1.82, 2.24) is 0 Å². The first kappa shape index (κ1) is 24.9. The number of ketones is 1. The van der Waals surface area contributed by atoms with Crippen LogP contribution in [0.4, 0.5) is 0 Å². The maximum Gasteiger partial charge on any atom is 0.193 e. The molecular weight excluding hydrogens is 488 g/mol. The number of halogens is 1. The molecule has 5 aromatic carbocycles. The van der Waals surface area contributed by atoms with E-state index in [4.69, 9.17) is 11.6 Å². The molecule has 0 bridgehead atoms. The van der Waals surface area contributed by atoms with Crippen molar-refractivity contribution in [3.05, 3.63) is 144 Å². The standard InChI is InChI=1S/C31H21ClOS.H2S/c32-29-21-25(31(33)24-11-5-2-6-12-24)17-20-30(29)34-26-18-15-23(16-19-26)28-14-8-7-13-27(28)22-9-3-1-4-10-22;/h1-21H;1H2. The van der Waals surface area contributed by atoms with E-state index in [1.165, 1.54) is 22.3 Å². The average molecular weight is 511 g/mol. The third kappa shape index (κ3) is 5.71. The summed E-state index contributed by atoms with van der Waals surface area (Å²) in [5.41, 5.74) is 6.03. The topological polar surface area (TPSA) is 17.1 Å². The van der Waals surface area contributed by atoms with Gasteiger partial charge in [0.1, 0.15) is 0 Å². The van der Waals surface area contributed by atoms with Crippen molar-refractivity contribution in [3.63, 3.8) is 0 Å². The van der Waals surface area contributed by atoms with Crippen LogP contribution in [-0.4, -0.2) is 5.78 Å². The van der Waals surface area contributed by atoms with Crippen LogP contribution >= 0.6 is 36.9 Å². The number of hydrogen-bond donors (Lipinski definition) is 0. The maximum atomic E-state index is 12.7. The van der Waals surface area contributed by atoms with Gasteiger partial charge in [-0.2, -0.15) is 13.5 Å². The quantitative estimate of drug-likeness (QED) is 0.212. The highest BCUT2D eigenvalue weighted by molar-refractivity contribution is 7.99. The van der Waals surface area contributed by atoms with E-state index in [-0.39, 0.29) is 19.3 Å². The van der Waals surface area contributed by atoms with Crippen LogP contribution in [0.2, 0.25) is 5.02 Å². The molecular formula is C31H23ClOS2. The van der Waals surface area contributed by atoms with Crippen molar-refractivity contribution in [2.75, 3.05) is 0 Å². The molecule has 0 amide bonds. The normalized spacial score (nSPS) is 10.4. The van der Waals surface area contributed by atoms with Crippen molar-refractivity contribution in [3.8, 4) is 22.3 Å². The van der Waals surface area contributed by atoms with Gasteiger partial charge >= 0.3 is 0 Å². The Labute approximate surface area is 222 Å². The highest BCUT2D eigenvalue weighted by Crippen LogP contribution is 2.37. The van der Waals surface area contributed by atoms with Gasteiger partial charge in [0.15, 0.2) is 5.78 Å². The summed E-state index contributed by atoms with van der Waals surface area (Å²) >= 11 is 8.15. The highest BCUT2D eigenvalue weighted by Gasteiger charge is 2.12. The van der Waals surface area contributed by atoms with E-state index in [2.05, 4.69) is 72.8 Å². The van der Waals surface area contributed by atoms with Crippen LogP contribution in [0.1, 0.15) is 15.9 Å². The van der Waals surface area contributed by atoms with E-state index < -0.39 is 0 Å². The Balaban J connectivity index is 0.00000289. The van der Waals surface area contributed by atoms with Gasteiger partial charge in [0.05, 0.1) is 5.02 Å². The van der Waals surface area contributed by atoms with Gasteiger partial charge in [0, 0.05) is 20.9 Å². The highest BCUT2D eigenvalue weighted by atomic mass is 35.5. The number of rotatable bonds is 6. The van der Waals surface area contributed by atoms with E-state index in [1.807, 2.05) is 48.5 Å². The molecule has 0 aliphatic carbocycles. The molecule has 0 fully saturated rings. The summed E-state index contributed by atoms with van der Waals surface area (Å²) in [4.78, 5) is 14.7. The second kappa shape index (κ2) is 11.5.